The van der Waals surface area contributed by atoms with Gasteiger partial charge in [-0.15, -0.1) is 23.5 Å². The summed E-state index contributed by atoms with van der Waals surface area (Å²) in [6, 6.07) is 43.8. The summed E-state index contributed by atoms with van der Waals surface area (Å²) in [6.07, 6.45) is 0. The number of hydrogen-bond acceptors (Lipinski definition) is 3. The Hall–Kier alpha value is -3.40. The first-order valence-corrected chi connectivity index (χ1v) is 13.6. The molecule has 1 aromatic heterocycles. The van der Waals surface area contributed by atoms with Gasteiger partial charge in [-0.05, 0) is 40.5 Å². The number of thioether (sulfide) groups is 2. The molecule has 6 aromatic rings. The molecule has 3 heteroatoms. The third-order valence-corrected chi connectivity index (χ3v) is 8.47. The Morgan fingerprint density at radius 2 is 1.23 bits per heavy atom. The van der Waals surface area contributed by atoms with E-state index in [1.54, 1.807) is 0 Å². The lowest BCUT2D eigenvalue weighted by atomic mass is 9.99. The highest BCUT2D eigenvalue weighted by Gasteiger charge is 2.17. The number of fused-ring (bicyclic) bond motifs is 3. The summed E-state index contributed by atoms with van der Waals surface area (Å²) in [5.41, 5.74) is 6.93. The van der Waals surface area contributed by atoms with Crippen LogP contribution in [0.4, 0.5) is 0 Å². The van der Waals surface area contributed by atoms with Gasteiger partial charge < -0.3 is 4.42 Å². The van der Waals surface area contributed by atoms with Crippen molar-refractivity contribution in [2.24, 2.45) is 0 Å². The minimum Gasteiger partial charge on any atom is -0.456 e. The van der Waals surface area contributed by atoms with Crippen LogP contribution in [0.15, 0.2) is 129 Å². The van der Waals surface area contributed by atoms with Gasteiger partial charge in [0.1, 0.15) is 11.2 Å². The second-order valence-corrected chi connectivity index (χ2v) is 10.3. The molecule has 169 valence electrons. The van der Waals surface area contributed by atoms with Crippen LogP contribution in [0.3, 0.4) is 0 Å². The minimum atomic E-state index is 0.909. The molecule has 0 bridgehead atoms. The largest absolute Gasteiger partial charge is 0.456 e. The summed E-state index contributed by atoms with van der Waals surface area (Å²) in [7, 11) is 0. The normalized spacial score (nSPS) is 11.3. The molecule has 1 heterocycles. The van der Waals surface area contributed by atoms with Crippen molar-refractivity contribution in [1.82, 2.24) is 0 Å². The van der Waals surface area contributed by atoms with Crippen LogP contribution in [-0.4, -0.2) is 0 Å². The summed E-state index contributed by atoms with van der Waals surface area (Å²) in [6.45, 7) is 0. The Kier molecular flexibility index (Phi) is 6.35. The molecule has 5 aromatic carbocycles. The van der Waals surface area contributed by atoms with Gasteiger partial charge in [0.25, 0.3) is 0 Å². The minimum absolute atomic E-state index is 0.909. The predicted molar refractivity (Wildman–Crippen MR) is 150 cm³/mol. The molecule has 1 nitrogen and oxygen atoms in total. The van der Waals surface area contributed by atoms with E-state index in [0.29, 0.717) is 0 Å². The maximum Gasteiger partial charge on any atom is 0.136 e. The van der Waals surface area contributed by atoms with Gasteiger partial charge >= 0.3 is 0 Å². The molecule has 0 aliphatic heterocycles. The van der Waals surface area contributed by atoms with Crippen LogP contribution in [0.2, 0.25) is 0 Å². The number of hydrogen-bond donors (Lipinski definition) is 0. The van der Waals surface area contributed by atoms with Crippen LogP contribution in [0.5, 0.6) is 0 Å². The van der Waals surface area contributed by atoms with Crippen LogP contribution >= 0.6 is 23.5 Å². The second kappa shape index (κ2) is 10.1. The van der Waals surface area contributed by atoms with Crippen molar-refractivity contribution in [3.63, 3.8) is 0 Å². The Balaban J connectivity index is 1.47. The Morgan fingerprint density at radius 3 is 2.00 bits per heavy atom. The van der Waals surface area contributed by atoms with Crippen LogP contribution in [0.25, 0.3) is 33.1 Å². The number of rotatable bonds is 7. The average molecular weight is 488 g/mol. The second-order valence-electron chi connectivity index (χ2n) is 8.38. The summed E-state index contributed by atoms with van der Waals surface area (Å²) < 4.78 is 6.20. The summed E-state index contributed by atoms with van der Waals surface area (Å²) in [5, 5.41) is 2.33. The van der Waals surface area contributed by atoms with E-state index >= 15 is 0 Å². The van der Waals surface area contributed by atoms with Crippen LogP contribution in [-0.2, 0) is 11.5 Å². The lowest BCUT2D eigenvalue weighted by molar-refractivity contribution is 0.669. The predicted octanol–water partition coefficient (Wildman–Crippen LogP) is 9.64. The lowest BCUT2D eigenvalue weighted by Crippen LogP contribution is -1.90. The quantitative estimate of drug-likeness (QED) is 0.208. The van der Waals surface area contributed by atoms with E-state index in [-0.39, 0.29) is 0 Å². The molecule has 0 saturated carbocycles. The molecular formula is C32H23OS2. The zero-order valence-corrected chi connectivity index (χ0v) is 20.7. The molecular weight excluding hydrogens is 464 g/mol. The molecule has 0 saturated heterocycles. The molecule has 0 spiro atoms. The maximum absolute atomic E-state index is 6.20. The third-order valence-electron chi connectivity index (χ3n) is 6.06. The zero-order chi connectivity index (χ0) is 23.5. The standard InChI is InChI=1S/C32H23OS2/c1-3-11-23(12-4-1)21-34-30-20-10-17-26(32(30)35-22-24-13-5-2-6-14-24)25-16-9-19-29-31(25)27-15-7-8-18-28(27)33-29/h1-19H,21-22H2. The summed E-state index contributed by atoms with van der Waals surface area (Å²) in [4.78, 5) is 2.46. The average Bonchev–Trinajstić information content (AvgIpc) is 3.31. The fourth-order valence-corrected chi connectivity index (χ4v) is 6.66. The van der Waals surface area contributed by atoms with Crippen molar-refractivity contribution >= 4 is 45.5 Å². The van der Waals surface area contributed by atoms with E-state index in [4.69, 9.17) is 4.42 Å². The molecule has 6 rings (SSSR count). The van der Waals surface area contributed by atoms with Crippen LogP contribution < -0.4 is 0 Å². The Labute approximate surface area is 214 Å². The van der Waals surface area contributed by atoms with E-state index in [2.05, 4.69) is 109 Å². The van der Waals surface area contributed by atoms with Crippen LogP contribution in [0.1, 0.15) is 11.1 Å². The van der Waals surface area contributed by atoms with E-state index < -0.39 is 0 Å². The van der Waals surface area contributed by atoms with E-state index in [0.717, 1.165) is 28.1 Å². The van der Waals surface area contributed by atoms with Gasteiger partial charge in [-0.3, -0.25) is 0 Å². The first-order chi connectivity index (χ1) is 17.4. The topological polar surface area (TPSA) is 13.1 Å². The third kappa shape index (κ3) is 4.62. The van der Waals surface area contributed by atoms with E-state index in [9.17, 15) is 0 Å². The highest BCUT2D eigenvalue weighted by molar-refractivity contribution is 8.01. The van der Waals surface area contributed by atoms with E-state index in [1.165, 1.54) is 37.4 Å². The molecule has 0 atom stereocenters. The van der Waals surface area contributed by atoms with Gasteiger partial charge in [-0.25, -0.2) is 0 Å². The first-order valence-electron chi connectivity index (χ1n) is 11.7. The molecule has 0 fully saturated rings. The summed E-state index contributed by atoms with van der Waals surface area (Å²) in [5.74, 6) is 1.82. The number of benzene rings is 5. The van der Waals surface area contributed by atoms with Crippen molar-refractivity contribution < 1.29 is 4.42 Å². The van der Waals surface area contributed by atoms with Gasteiger partial charge in [-0.1, -0.05) is 103 Å². The van der Waals surface area contributed by atoms with Gasteiger partial charge in [0.15, 0.2) is 0 Å². The molecule has 0 N–H and O–H groups in total. The van der Waals surface area contributed by atoms with Gasteiger partial charge in [0.2, 0.25) is 0 Å². The molecule has 0 unspecified atom stereocenters. The number of furan rings is 1. The highest BCUT2D eigenvalue weighted by Crippen LogP contribution is 2.44. The smallest absolute Gasteiger partial charge is 0.136 e. The fraction of sp³-hybridized carbons (Fsp3) is 0.0625. The van der Waals surface area contributed by atoms with Gasteiger partial charge in [0, 0.05) is 32.1 Å². The monoisotopic (exact) mass is 487 g/mol. The van der Waals surface area contributed by atoms with Crippen molar-refractivity contribution in [2.45, 2.75) is 21.3 Å². The molecule has 0 aliphatic rings. The van der Waals surface area contributed by atoms with Gasteiger partial charge in [0.05, 0.1) is 0 Å². The molecule has 0 amide bonds. The van der Waals surface area contributed by atoms with Crippen molar-refractivity contribution in [1.29, 1.82) is 0 Å². The number of para-hydroxylation sites is 1. The molecule has 0 aliphatic carbocycles. The maximum atomic E-state index is 6.20. The zero-order valence-electron chi connectivity index (χ0n) is 19.1. The Bertz CT molecular complexity index is 1590. The molecule has 35 heavy (non-hydrogen) atoms. The SMILES string of the molecule is [c]1ccc(-c2cccc3oc4ccccc4c23)c(SCc2ccccc2)c1SCc1ccccc1. The first kappa shape index (κ1) is 22.1. The van der Waals surface area contributed by atoms with E-state index in [1.807, 2.05) is 35.7 Å². The van der Waals surface area contributed by atoms with Crippen molar-refractivity contribution in [3.05, 3.63) is 132 Å². The van der Waals surface area contributed by atoms with Crippen LogP contribution in [0, 0.1) is 6.07 Å². The molecule has 1 radical (unpaired) electrons. The Morgan fingerprint density at radius 1 is 0.571 bits per heavy atom. The lowest BCUT2D eigenvalue weighted by Gasteiger charge is -2.15. The van der Waals surface area contributed by atoms with Gasteiger partial charge in [-0.2, -0.15) is 0 Å². The van der Waals surface area contributed by atoms with Crippen molar-refractivity contribution in [3.8, 4) is 11.1 Å². The fourth-order valence-electron chi connectivity index (χ4n) is 4.39. The van der Waals surface area contributed by atoms with Crippen molar-refractivity contribution in [2.75, 3.05) is 0 Å². The summed E-state index contributed by atoms with van der Waals surface area (Å²) >= 11 is 3.75. The highest BCUT2D eigenvalue weighted by atomic mass is 32.2.